The maximum absolute atomic E-state index is 12.5. The van der Waals surface area contributed by atoms with Crippen LogP contribution in [0.4, 0.5) is 5.95 Å². The quantitative estimate of drug-likeness (QED) is 0.783. The first kappa shape index (κ1) is 16.6. The molecular weight excluding hydrogens is 322 g/mol. The summed E-state index contributed by atoms with van der Waals surface area (Å²) >= 11 is 1.43. The van der Waals surface area contributed by atoms with Crippen LogP contribution in [0.1, 0.15) is 42.4 Å². The van der Waals surface area contributed by atoms with Crippen LogP contribution in [0.2, 0.25) is 0 Å². The normalized spacial score (nSPS) is 11.8. The van der Waals surface area contributed by atoms with E-state index in [-0.39, 0.29) is 11.3 Å². The second kappa shape index (κ2) is 6.32. The lowest BCUT2D eigenvalue weighted by Crippen LogP contribution is -2.14. The standard InChI is InChI=1S/C17H21N5OS/c1-5-22-14-11(7-6-8-18-14)20-16(22)21-15(23)12-10-19-13(24-12)9-17(2,3)4/h6-8,10H,5,9H2,1-4H3,(H,20,21,23). The summed E-state index contributed by atoms with van der Waals surface area (Å²) in [4.78, 5) is 26.3. The van der Waals surface area contributed by atoms with Crippen molar-refractivity contribution in [1.29, 1.82) is 0 Å². The molecule has 3 aromatic heterocycles. The molecule has 0 saturated carbocycles. The second-order valence-corrected chi connectivity index (χ2v) is 7.95. The van der Waals surface area contributed by atoms with Crippen molar-refractivity contribution in [2.45, 2.75) is 40.7 Å². The molecule has 0 aromatic carbocycles. The molecule has 0 aliphatic carbocycles. The van der Waals surface area contributed by atoms with Crippen LogP contribution in [0, 0.1) is 5.41 Å². The molecule has 0 atom stereocenters. The molecule has 6 nitrogen and oxygen atoms in total. The highest BCUT2D eigenvalue weighted by Crippen LogP contribution is 2.25. The molecule has 1 N–H and O–H groups in total. The number of nitrogens with one attached hydrogen (secondary N) is 1. The summed E-state index contributed by atoms with van der Waals surface area (Å²) in [5.74, 6) is 0.333. The van der Waals surface area contributed by atoms with E-state index in [4.69, 9.17) is 0 Å². The summed E-state index contributed by atoms with van der Waals surface area (Å²) < 4.78 is 1.89. The minimum absolute atomic E-state index is 0.146. The van der Waals surface area contributed by atoms with E-state index in [0.717, 1.165) is 22.6 Å². The van der Waals surface area contributed by atoms with Crippen molar-refractivity contribution in [3.63, 3.8) is 0 Å². The van der Waals surface area contributed by atoms with Crippen LogP contribution in [0.15, 0.2) is 24.5 Å². The fourth-order valence-corrected chi connectivity index (χ4v) is 3.58. The van der Waals surface area contributed by atoms with Gasteiger partial charge in [0.2, 0.25) is 5.95 Å². The van der Waals surface area contributed by atoms with E-state index in [0.29, 0.717) is 17.4 Å². The Balaban J connectivity index is 1.82. The number of pyridine rings is 1. The van der Waals surface area contributed by atoms with E-state index in [1.54, 1.807) is 12.4 Å². The molecule has 0 spiro atoms. The van der Waals surface area contributed by atoms with Crippen molar-refractivity contribution >= 4 is 34.4 Å². The van der Waals surface area contributed by atoms with Gasteiger partial charge in [0.15, 0.2) is 5.65 Å². The van der Waals surface area contributed by atoms with Crippen molar-refractivity contribution < 1.29 is 4.79 Å². The Morgan fingerprint density at radius 2 is 2.12 bits per heavy atom. The summed E-state index contributed by atoms with van der Waals surface area (Å²) in [6.07, 6.45) is 4.21. The van der Waals surface area contributed by atoms with Gasteiger partial charge in [-0.15, -0.1) is 11.3 Å². The number of nitrogens with zero attached hydrogens (tertiary/aromatic N) is 4. The van der Waals surface area contributed by atoms with Crippen LogP contribution in [0.25, 0.3) is 11.2 Å². The van der Waals surface area contributed by atoms with Crippen LogP contribution in [0.5, 0.6) is 0 Å². The lowest BCUT2D eigenvalue weighted by atomic mass is 9.93. The topological polar surface area (TPSA) is 72.7 Å². The van der Waals surface area contributed by atoms with E-state index >= 15 is 0 Å². The molecular formula is C17H21N5OS. The van der Waals surface area contributed by atoms with Crippen molar-refractivity contribution in [2.75, 3.05) is 5.32 Å². The van der Waals surface area contributed by atoms with Crippen LogP contribution in [0.3, 0.4) is 0 Å². The maximum atomic E-state index is 12.5. The first-order valence-corrected chi connectivity index (χ1v) is 8.76. The van der Waals surface area contributed by atoms with Gasteiger partial charge in [0.05, 0.1) is 11.2 Å². The molecule has 1 amide bonds. The van der Waals surface area contributed by atoms with Gasteiger partial charge >= 0.3 is 0 Å². The number of thiazole rings is 1. The van der Waals surface area contributed by atoms with E-state index < -0.39 is 0 Å². The third-order valence-electron chi connectivity index (χ3n) is 3.50. The van der Waals surface area contributed by atoms with Gasteiger partial charge in [-0.1, -0.05) is 20.8 Å². The fraction of sp³-hybridized carbons (Fsp3) is 0.412. The largest absolute Gasteiger partial charge is 0.295 e. The highest BCUT2D eigenvalue weighted by molar-refractivity contribution is 7.13. The zero-order valence-corrected chi connectivity index (χ0v) is 15.1. The number of aromatic nitrogens is 4. The average molecular weight is 343 g/mol. The van der Waals surface area contributed by atoms with Crippen molar-refractivity contribution in [3.8, 4) is 0 Å². The number of aryl methyl sites for hydroxylation is 1. The lowest BCUT2D eigenvalue weighted by Gasteiger charge is -2.15. The number of hydrogen-bond donors (Lipinski definition) is 1. The van der Waals surface area contributed by atoms with Gasteiger partial charge in [0.1, 0.15) is 10.4 Å². The Kier molecular flexibility index (Phi) is 4.36. The first-order valence-electron chi connectivity index (χ1n) is 7.94. The van der Waals surface area contributed by atoms with Crippen molar-refractivity contribution in [2.24, 2.45) is 5.41 Å². The van der Waals surface area contributed by atoms with Gasteiger partial charge in [-0.2, -0.15) is 0 Å². The smallest absolute Gasteiger partial charge is 0.269 e. The Labute approximate surface area is 145 Å². The van der Waals surface area contributed by atoms with Crippen molar-refractivity contribution in [3.05, 3.63) is 34.4 Å². The molecule has 0 bridgehead atoms. The zero-order valence-electron chi connectivity index (χ0n) is 14.3. The van der Waals surface area contributed by atoms with Gasteiger partial charge in [-0.25, -0.2) is 15.0 Å². The van der Waals surface area contributed by atoms with E-state index in [1.165, 1.54) is 11.3 Å². The Morgan fingerprint density at radius 1 is 1.33 bits per heavy atom. The predicted molar refractivity (Wildman–Crippen MR) is 96.4 cm³/mol. The number of amides is 1. The highest BCUT2D eigenvalue weighted by atomic mass is 32.1. The number of carbonyl (C=O) groups is 1. The third-order valence-corrected chi connectivity index (χ3v) is 4.50. The molecule has 0 saturated heterocycles. The molecule has 0 aliphatic rings. The van der Waals surface area contributed by atoms with Gasteiger partial charge < -0.3 is 0 Å². The maximum Gasteiger partial charge on any atom is 0.269 e. The minimum Gasteiger partial charge on any atom is -0.295 e. The number of rotatable bonds is 4. The predicted octanol–water partition coefficient (Wildman–Crippen LogP) is 3.75. The van der Waals surface area contributed by atoms with Gasteiger partial charge in [0.25, 0.3) is 5.91 Å². The molecule has 3 aromatic rings. The van der Waals surface area contributed by atoms with Gasteiger partial charge in [-0.3, -0.25) is 14.7 Å². The summed E-state index contributed by atoms with van der Waals surface area (Å²) in [5, 5.41) is 3.86. The Hall–Kier alpha value is -2.28. The third kappa shape index (κ3) is 3.46. The van der Waals surface area contributed by atoms with E-state index in [2.05, 4.69) is 41.0 Å². The SMILES string of the molecule is CCn1c(NC(=O)c2cnc(CC(C)(C)C)s2)nc2cccnc21. The van der Waals surface area contributed by atoms with Crippen LogP contribution in [-0.2, 0) is 13.0 Å². The summed E-state index contributed by atoms with van der Waals surface area (Å²) in [6.45, 7) is 9.15. The number of anilines is 1. The molecule has 7 heteroatoms. The first-order chi connectivity index (χ1) is 11.4. The van der Waals surface area contributed by atoms with Crippen LogP contribution < -0.4 is 5.32 Å². The summed E-state index contributed by atoms with van der Waals surface area (Å²) in [7, 11) is 0. The van der Waals surface area contributed by atoms with Crippen molar-refractivity contribution in [1.82, 2.24) is 19.5 Å². The minimum atomic E-state index is -0.183. The van der Waals surface area contributed by atoms with Gasteiger partial charge in [-0.05, 0) is 24.5 Å². The number of fused-ring (bicyclic) bond motifs is 1. The molecule has 0 radical (unpaired) electrons. The van der Waals surface area contributed by atoms with Gasteiger partial charge in [0, 0.05) is 19.2 Å². The van der Waals surface area contributed by atoms with Crippen LogP contribution in [-0.4, -0.2) is 25.4 Å². The molecule has 126 valence electrons. The number of imidazole rings is 1. The number of carbonyl (C=O) groups excluding carboxylic acids is 1. The summed E-state index contributed by atoms with van der Waals surface area (Å²) in [6, 6.07) is 3.72. The summed E-state index contributed by atoms with van der Waals surface area (Å²) in [5.41, 5.74) is 1.69. The Bertz CT molecular complexity index is 875. The molecule has 0 unspecified atom stereocenters. The van der Waals surface area contributed by atoms with Crippen LogP contribution >= 0.6 is 11.3 Å². The van der Waals surface area contributed by atoms with E-state index in [1.807, 2.05) is 23.6 Å². The molecule has 24 heavy (non-hydrogen) atoms. The monoisotopic (exact) mass is 343 g/mol. The van der Waals surface area contributed by atoms with E-state index in [9.17, 15) is 4.79 Å². The highest BCUT2D eigenvalue weighted by Gasteiger charge is 2.18. The molecule has 0 aliphatic heterocycles. The molecule has 3 rings (SSSR count). The molecule has 0 fully saturated rings. The lowest BCUT2D eigenvalue weighted by molar-refractivity contribution is 0.102. The molecule has 3 heterocycles. The zero-order chi connectivity index (χ0) is 17.3. The average Bonchev–Trinajstić information content (AvgIpc) is 3.09. The second-order valence-electron chi connectivity index (χ2n) is 6.84. The Morgan fingerprint density at radius 3 is 2.83 bits per heavy atom. The number of hydrogen-bond acceptors (Lipinski definition) is 5. The fourth-order valence-electron chi connectivity index (χ4n) is 2.47.